The van der Waals surface area contributed by atoms with Gasteiger partial charge in [0.1, 0.15) is 0 Å². The summed E-state index contributed by atoms with van der Waals surface area (Å²) < 4.78 is 6.11. The quantitative estimate of drug-likeness (QED) is 0.258. The molecule has 0 aromatic rings. The monoisotopic (exact) mass is 314 g/mol. The highest BCUT2D eigenvalue weighted by Crippen LogP contribution is 2.16. The minimum atomic E-state index is -0.0167. The summed E-state index contributed by atoms with van der Waals surface area (Å²) in [6.45, 7) is 4.94. The van der Waals surface area contributed by atoms with E-state index in [-0.39, 0.29) is 12.0 Å². The fourth-order valence-corrected chi connectivity index (χ4v) is 2.71. The molecule has 0 aliphatic rings. The van der Waals surface area contributed by atoms with Gasteiger partial charge in [-0.15, -0.1) is 0 Å². The average Bonchev–Trinajstić information content (AvgIpc) is 2.44. The Bertz CT molecular complexity index is 271. The SMILES string of the molecule is CCCCCCCCCC[C@@H](C(=O)OCCCC)[N+](C)(C)C. The number of nitrogens with zero attached hydrogens (tertiary/aromatic N) is 1. The first-order valence-corrected chi connectivity index (χ1v) is 9.41. The molecule has 0 N–H and O–H groups in total. The summed E-state index contributed by atoms with van der Waals surface area (Å²) in [6, 6.07) is -0.0167. The van der Waals surface area contributed by atoms with Crippen molar-refractivity contribution < 1.29 is 14.0 Å². The van der Waals surface area contributed by atoms with Crippen molar-refractivity contribution in [2.75, 3.05) is 27.7 Å². The molecule has 0 spiro atoms. The number of carbonyl (C=O) groups is 1. The molecule has 0 fully saturated rings. The van der Waals surface area contributed by atoms with Crippen molar-refractivity contribution in [1.29, 1.82) is 0 Å². The van der Waals surface area contributed by atoms with Crippen LogP contribution in [0.2, 0.25) is 0 Å². The van der Waals surface area contributed by atoms with Gasteiger partial charge in [0.25, 0.3) is 0 Å². The van der Waals surface area contributed by atoms with Crippen molar-refractivity contribution >= 4 is 5.97 Å². The molecule has 0 aromatic carbocycles. The molecule has 0 aromatic heterocycles. The van der Waals surface area contributed by atoms with E-state index in [1.807, 2.05) is 0 Å². The van der Waals surface area contributed by atoms with Crippen LogP contribution in [0.4, 0.5) is 0 Å². The number of esters is 1. The predicted molar refractivity (Wildman–Crippen MR) is 94.9 cm³/mol. The first-order valence-electron chi connectivity index (χ1n) is 9.41. The fourth-order valence-electron chi connectivity index (χ4n) is 2.71. The number of unbranched alkanes of at least 4 members (excludes halogenated alkanes) is 8. The summed E-state index contributed by atoms with van der Waals surface area (Å²) in [5.74, 6) is -0.0103. The molecule has 0 heterocycles. The zero-order valence-corrected chi connectivity index (χ0v) is 15.8. The molecule has 3 heteroatoms. The molecule has 0 saturated heterocycles. The van der Waals surface area contributed by atoms with Gasteiger partial charge in [-0.05, 0) is 12.8 Å². The molecule has 0 amide bonds. The highest BCUT2D eigenvalue weighted by atomic mass is 16.5. The molecule has 3 nitrogen and oxygen atoms in total. The van der Waals surface area contributed by atoms with Crippen LogP contribution in [0, 0.1) is 0 Å². The molecule has 1 atom stereocenters. The number of hydrogen-bond acceptors (Lipinski definition) is 2. The van der Waals surface area contributed by atoms with E-state index in [2.05, 4.69) is 35.0 Å². The van der Waals surface area contributed by atoms with Crippen molar-refractivity contribution in [1.82, 2.24) is 0 Å². The number of hydrogen-bond donors (Lipinski definition) is 0. The van der Waals surface area contributed by atoms with Crippen molar-refractivity contribution in [2.45, 2.75) is 90.5 Å². The van der Waals surface area contributed by atoms with Crippen molar-refractivity contribution in [3.05, 3.63) is 0 Å². The lowest BCUT2D eigenvalue weighted by Gasteiger charge is -2.32. The molecule has 0 saturated carbocycles. The van der Waals surface area contributed by atoms with Crippen LogP contribution in [0.1, 0.15) is 84.5 Å². The standard InChI is InChI=1S/C19H40NO2/c1-6-8-10-11-12-13-14-15-16-18(20(3,4)5)19(21)22-17-9-7-2/h18H,6-17H2,1-5H3/q+1/t18-/m0/s1. The third-order valence-electron chi connectivity index (χ3n) is 4.28. The minimum absolute atomic E-state index is 0.0103. The van der Waals surface area contributed by atoms with Gasteiger partial charge in [-0.2, -0.15) is 0 Å². The van der Waals surface area contributed by atoms with Crippen LogP contribution in [-0.4, -0.2) is 44.2 Å². The smallest absolute Gasteiger partial charge is 0.364 e. The van der Waals surface area contributed by atoms with E-state index in [1.54, 1.807) is 0 Å². The van der Waals surface area contributed by atoms with Gasteiger partial charge in [-0.1, -0.05) is 65.2 Å². The van der Waals surface area contributed by atoms with Crippen molar-refractivity contribution in [3.8, 4) is 0 Å². The van der Waals surface area contributed by atoms with E-state index in [9.17, 15) is 4.79 Å². The third-order valence-corrected chi connectivity index (χ3v) is 4.28. The normalized spacial score (nSPS) is 13.1. The second-order valence-corrected chi connectivity index (χ2v) is 7.42. The second-order valence-electron chi connectivity index (χ2n) is 7.42. The number of likely N-dealkylation sites (N-methyl/N-ethyl adjacent to an activating group) is 1. The Balaban J connectivity index is 3.93. The molecule has 132 valence electrons. The third kappa shape index (κ3) is 11.1. The predicted octanol–water partition coefficient (Wildman–Crippen LogP) is 4.94. The van der Waals surface area contributed by atoms with Gasteiger partial charge in [0, 0.05) is 6.42 Å². The molecule has 0 bridgehead atoms. The molecule has 22 heavy (non-hydrogen) atoms. The van der Waals surface area contributed by atoms with Crippen LogP contribution >= 0.6 is 0 Å². The molecule has 0 aliphatic carbocycles. The zero-order valence-electron chi connectivity index (χ0n) is 15.8. The van der Waals surface area contributed by atoms with Crippen LogP contribution in [0.3, 0.4) is 0 Å². The lowest BCUT2D eigenvalue weighted by molar-refractivity contribution is -0.887. The summed E-state index contributed by atoms with van der Waals surface area (Å²) >= 11 is 0. The Morgan fingerprint density at radius 3 is 1.82 bits per heavy atom. The first kappa shape index (κ1) is 21.4. The van der Waals surface area contributed by atoms with Gasteiger partial charge >= 0.3 is 5.97 Å². The number of ether oxygens (including phenoxy) is 1. The fraction of sp³-hybridized carbons (Fsp3) is 0.947. The molecular formula is C19H40NO2+. The van der Waals surface area contributed by atoms with Gasteiger partial charge in [0.15, 0.2) is 6.04 Å². The number of quaternary nitrogens is 1. The van der Waals surface area contributed by atoms with Crippen LogP contribution in [0.15, 0.2) is 0 Å². The van der Waals surface area contributed by atoms with Crippen molar-refractivity contribution in [3.63, 3.8) is 0 Å². The van der Waals surface area contributed by atoms with Crippen LogP contribution < -0.4 is 0 Å². The van der Waals surface area contributed by atoms with E-state index in [0.29, 0.717) is 11.1 Å². The summed E-state index contributed by atoms with van der Waals surface area (Å²) in [4.78, 5) is 12.3. The van der Waals surface area contributed by atoms with Gasteiger partial charge < -0.3 is 9.22 Å². The maximum absolute atomic E-state index is 12.3. The van der Waals surface area contributed by atoms with Gasteiger partial charge in [-0.3, -0.25) is 0 Å². The maximum atomic E-state index is 12.3. The van der Waals surface area contributed by atoms with Gasteiger partial charge in [0.05, 0.1) is 27.7 Å². The zero-order chi connectivity index (χ0) is 16.8. The van der Waals surface area contributed by atoms with E-state index in [0.717, 1.165) is 25.7 Å². The van der Waals surface area contributed by atoms with E-state index in [4.69, 9.17) is 4.74 Å². The summed E-state index contributed by atoms with van der Waals surface area (Å²) in [6.07, 6.45) is 13.4. The highest BCUT2D eigenvalue weighted by molar-refractivity contribution is 5.74. The number of carbonyl (C=O) groups excluding carboxylic acids is 1. The maximum Gasteiger partial charge on any atom is 0.364 e. The number of rotatable bonds is 14. The van der Waals surface area contributed by atoms with E-state index >= 15 is 0 Å². The Morgan fingerprint density at radius 1 is 0.818 bits per heavy atom. The van der Waals surface area contributed by atoms with Crippen molar-refractivity contribution in [2.24, 2.45) is 0 Å². The Kier molecular flexibility index (Phi) is 12.6. The lowest BCUT2D eigenvalue weighted by atomic mass is 10.0. The van der Waals surface area contributed by atoms with Crippen LogP contribution in [0.5, 0.6) is 0 Å². The Morgan fingerprint density at radius 2 is 1.32 bits per heavy atom. The highest BCUT2D eigenvalue weighted by Gasteiger charge is 2.32. The molecular weight excluding hydrogens is 274 g/mol. The Hall–Kier alpha value is -0.570. The summed E-state index contributed by atoms with van der Waals surface area (Å²) in [5, 5.41) is 0. The van der Waals surface area contributed by atoms with E-state index < -0.39 is 0 Å². The van der Waals surface area contributed by atoms with Gasteiger partial charge in [-0.25, -0.2) is 4.79 Å². The summed E-state index contributed by atoms with van der Waals surface area (Å²) in [7, 11) is 6.28. The molecule has 0 aliphatic heterocycles. The molecule has 0 radical (unpaired) electrons. The second kappa shape index (κ2) is 12.9. The lowest BCUT2D eigenvalue weighted by Crippen LogP contribution is -2.50. The largest absolute Gasteiger partial charge is 0.461 e. The topological polar surface area (TPSA) is 26.3 Å². The van der Waals surface area contributed by atoms with Crippen LogP contribution in [-0.2, 0) is 9.53 Å². The summed E-state index contributed by atoms with van der Waals surface area (Å²) in [5.41, 5.74) is 0. The average molecular weight is 315 g/mol. The molecule has 0 unspecified atom stereocenters. The first-order chi connectivity index (χ1) is 10.4. The Labute approximate surface area is 139 Å². The van der Waals surface area contributed by atoms with E-state index in [1.165, 1.54) is 44.9 Å². The minimum Gasteiger partial charge on any atom is -0.461 e. The van der Waals surface area contributed by atoms with Gasteiger partial charge in [0.2, 0.25) is 0 Å². The van der Waals surface area contributed by atoms with Crippen LogP contribution in [0.25, 0.3) is 0 Å². The molecule has 0 rings (SSSR count).